The normalized spacial score (nSPS) is 22.6. The lowest BCUT2D eigenvalue weighted by Gasteiger charge is -2.36. The number of carbonyl (C=O) groups excluding carboxylic acids is 1. The maximum Gasteiger partial charge on any atom is 0.433 e. The third kappa shape index (κ3) is 3.76. The third-order valence-electron chi connectivity index (χ3n) is 4.64. The molecule has 2 fully saturated rings. The summed E-state index contributed by atoms with van der Waals surface area (Å²) < 4.78 is 38.3. The lowest BCUT2D eigenvalue weighted by atomic mass is 9.84. The zero-order valence-electron chi connectivity index (χ0n) is 12.8. The molecule has 1 aromatic rings. The van der Waals surface area contributed by atoms with Gasteiger partial charge in [-0.15, -0.1) is 0 Å². The minimum atomic E-state index is -4.44. The van der Waals surface area contributed by atoms with Crippen LogP contribution in [0, 0.1) is 5.92 Å². The molecule has 0 bridgehead atoms. The van der Waals surface area contributed by atoms with Crippen LogP contribution < -0.4 is 10.2 Å². The molecule has 3 rings (SSSR count). The van der Waals surface area contributed by atoms with Crippen molar-refractivity contribution < 1.29 is 18.0 Å². The Morgan fingerprint density at radius 1 is 1.26 bits per heavy atom. The monoisotopic (exact) mass is 327 g/mol. The van der Waals surface area contributed by atoms with E-state index < -0.39 is 11.9 Å². The molecule has 1 aliphatic heterocycles. The van der Waals surface area contributed by atoms with E-state index in [4.69, 9.17) is 0 Å². The number of halogens is 3. The molecule has 2 aliphatic rings. The van der Waals surface area contributed by atoms with Crippen molar-refractivity contribution in [1.29, 1.82) is 0 Å². The summed E-state index contributed by atoms with van der Waals surface area (Å²) in [4.78, 5) is 17.3. The van der Waals surface area contributed by atoms with E-state index in [1.165, 1.54) is 6.20 Å². The molecule has 1 atom stereocenters. The van der Waals surface area contributed by atoms with E-state index in [2.05, 4.69) is 10.3 Å². The van der Waals surface area contributed by atoms with Crippen LogP contribution in [0.4, 0.5) is 18.9 Å². The van der Waals surface area contributed by atoms with Crippen LogP contribution in [-0.2, 0) is 11.0 Å². The van der Waals surface area contributed by atoms with E-state index in [1.807, 2.05) is 4.90 Å². The molecule has 1 N–H and O–H groups in total. The molecule has 1 saturated carbocycles. The van der Waals surface area contributed by atoms with Crippen molar-refractivity contribution in [2.75, 3.05) is 18.0 Å². The largest absolute Gasteiger partial charge is 0.433 e. The summed E-state index contributed by atoms with van der Waals surface area (Å²) >= 11 is 0. The van der Waals surface area contributed by atoms with E-state index >= 15 is 0 Å². The molecule has 7 heteroatoms. The van der Waals surface area contributed by atoms with Crippen LogP contribution in [-0.4, -0.2) is 30.0 Å². The van der Waals surface area contributed by atoms with Crippen LogP contribution in [0.25, 0.3) is 0 Å². The Morgan fingerprint density at radius 3 is 2.70 bits per heavy atom. The number of nitrogens with one attached hydrogen (secondary N) is 1. The summed E-state index contributed by atoms with van der Waals surface area (Å²) in [6, 6.07) is 2.67. The number of hydrogen-bond donors (Lipinski definition) is 1. The van der Waals surface area contributed by atoms with Crippen molar-refractivity contribution in [3.63, 3.8) is 0 Å². The number of nitrogens with zero attached hydrogens (tertiary/aromatic N) is 2. The second-order valence-corrected chi connectivity index (χ2v) is 6.32. The van der Waals surface area contributed by atoms with Crippen molar-refractivity contribution in [2.24, 2.45) is 5.92 Å². The summed E-state index contributed by atoms with van der Waals surface area (Å²) in [5.41, 5.74) is -0.370. The van der Waals surface area contributed by atoms with Crippen molar-refractivity contribution in [2.45, 2.75) is 44.3 Å². The minimum Gasteiger partial charge on any atom is -0.369 e. The first kappa shape index (κ1) is 16.1. The fourth-order valence-corrected chi connectivity index (χ4v) is 3.09. The van der Waals surface area contributed by atoms with E-state index in [-0.39, 0.29) is 17.9 Å². The molecule has 1 aromatic heterocycles. The van der Waals surface area contributed by atoms with Gasteiger partial charge in [0.25, 0.3) is 0 Å². The van der Waals surface area contributed by atoms with Crippen LogP contribution in [0.2, 0.25) is 0 Å². The van der Waals surface area contributed by atoms with Crippen LogP contribution in [0.15, 0.2) is 18.3 Å². The summed E-state index contributed by atoms with van der Waals surface area (Å²) in [5.74, 6) is 0.219. The first-order valence-corrected chi connectivity index (χ1v) is 8.02. The van der Waals surface area contributed by atoms with Gasteiger partial charge in [0.1, 0.15) is 5.69 Å². The molecular weight excluding hydrogens is 307 g/mol. The van der Waals surface area contributed by atoms with Crippen molar-refractivity contribution >= 4 is 11.6 Å². The predicted molar refractivity (Wildman–Crippen MR) is 80.0 cm³/mol. The zero-order chi connectivity index (χ0) is 16.4. The molecule has 23 heavy (non-hydrogen) atoms. The van der Waals surface area contributed by atoms with Crippen LogP contribution in [0.1, 0.15) is 37.8 Å². The van der Waals surface area contributed by atoms with Crippen molar-refractivity contribution in [3.05, 3.63) is 24.0 Å². The van der Waals surface area contributed by atoms with Crippen molar-refractivity contribution in [3.8, 4) is 0 Å². The lowest BCUT2D eigenvalue weighted by Crippen LogP contribution is -2.50. The van der Waals surface area contributed by atoms with Gasteiger partial charge in [0.15, 0.2) is 0 Å². The first-order valence-electron chi connectivity index (χ1n) is 8.02. The Balaban J connectivity index is 1.65. The molecule has 2 heterocycles. The molecule has 126 valence electrons. The van der Waals surface area contributed by atoms with Gasteiger partial charge >= 0.3 is 6.18 Å². The smallest absolute Gasteiger partial charge is 0.369 e. The van der Waals surface area contributed by atoms with Gasteiger partial charge < -0.3 is 10.2 Å². The minimum absolute atomic E-state index is 0.000600. The summed E-state index contributed by atoms with van der Waals surface area (Å²) in [6.07, 6.45) is 1.46. The number of hydrogen-bond acceptors (Lipinski definition) is 3. The molecule has 0 radical (unpaired) electrons. The van der Waals surface area contributed by atoms with Gasteiger partial charge in [-0.25, -0.2) is 0 Å². The number of anilines is 1. The topological polar surface area (TPSA) is 45.2 Å². The van der Waals surface area contributed by atoms with E-state index in [1.54, 1.807) is 6.07 Å². The Kier molecular flexibility index (Phi) is 4.46. The van der Waals surface area contributed by atoms with E-state index in [0.29, 0.717) is 18.8 Å². The highest BCUT2D eigenvalue weighted by atomic mass is 19.4. The van der Waals surface area contributed by atoms with Gasteiger partial charge in [-0.2, -0.15) is 13.2 Å². The van der Waals surface area contributed by atoms with E-state index in [9.17, 15) is 18.0 Å². The highest BCUT2D eigenvalue weighted by Gasteiger charge is 2.33. The molecule has 1 aliphatic carbocycles. The number of rotatable bonds is 3. The maximum atomic E-state index is 12.8. The fraction of sp³-hybridized carbons (Fsp3) is 0.625. The number of amides is 1. The molecule has 1 amide bonds. The molecule has 0 spiro atoms. The second-order valence-electron chi connectivity index (χ2n) is 6.32. The van der Waals surface area contributed by atoms with Gasteiger partial charge in [0.05, 0.1) is 0 Å². The van der Waals surface area contributed by atoms with Gasteiger partial charge in [0.2, 0.25) is 5.91 Å². The standard InChI is InChI=1S/C16H20F3N3O/c17-16(18,19)14-9-13(6-7-20-14)22-8-2-5-12(10-22)21-15(23)11-3-1-4-11/h6-7,9,11-12H,1-5,8,10H2,(H,21,23). The Morgan fingerprint density at radius 2 is 2.04 bits per heavy atom. The Bertz CT molecular complexity index is 572. The quantitative estimate of drug-likeness (QED) is 0.928. The van der Waals surface area contributed by atoms with Crippen LogP contribution >= 0.6 is 0 Å². The third-order valence-corrected chi connectivity index (χ3v) is 4.64. The SMILES string of the molecule is O=C(NC1CCCN(c2ccnc(C(F)(F)F)c2)C1)C1CCC1. The van der Waals surface area contributed by atoms with Gasteiger partial charge in [-0.1, -0.05) is 6.42 Å². The number of pyridine rings is 1. The van der Waals surface area contributed by atoms with Gasteiger partial charge in [-0.3, -0.25) is 9.78 Å². The second kappa shape index (κ2) is 6.37. The maximum absolute atomic E-state index is 12.8. The number of aromatic nitrogens is 1. The number of alkyl halides is 3. The van der Waals surface area contributed by atoms with E-state index in [0.717, 1.165) is 38.2 Å². The summed E-state index contributed by atoms with van der Waals surface area (Å²) in [6.45, 7) is 1.23. The molecule has 1 saturated heterocycles. The lowest BCUT2D eigenvalue weighted by molar-refractivity contribution is -0.141. The van der Waals surface area contributed by atoms with Gasteiger partial charge in [0, 0.05) is 36.9 Å². The Hall–Kier alpha value is -1.79. The molecule has 1 unspecified atom stereocenters. The van der Waals surface area contributed by atoms with Crippen LogP contribution in [0.5, 0.6) is 0 Å². The van der Waals surface area contributed by atoms with Crippen molar-refractivity contribution in [1.82, 2.24) is 10.3 Å². The number of carbonyl (C=O) groups is 1. The highest BCUT2D eigenvalue weighted by molar-refractivity contribution is 5.79. The van der Waals surface area contributed by atoms with Gasteiger partial charge in [-0.05, 0) is 37.8 Å². The average molecular weight is 327 g/mol. The number of piperidine rings is 1. The Labute approximate surface area is 133 Å². The van der Waals surface area contributed by atoms with Crippen LogP contribution in [0.3, 0.4) is 0 Å². The summed E-state index contributed by atoms with van der Waals surface area (Å²) in [7, 11) is 0. The molecule has 0 aromatic carbocycles. The highest BCUT2D eigenvalue weighted by Crippen LogP contribution is 2.31. The average Bonchev–Trinajstić information content (AvgIpc) is 2.45. The first-order chi connectivity index (χ1) is 10.9. The molecular formula is C16H20F3N3O. The zero-order valence-corrected chi connectivity index (χ0v) is 12.8. The fourth-order valence-electron chi connectivity index (χ4n) is 3.09. The summed E-state index contributed by atoms with van der Waals surface area (Å²) in [5, 5.41) is 3.05. The predicted octanol–water partition coefficient (Wildman–Crippen LogP) is 2.99. The molecule has 4 nitrogen and oxygen atoms in total.